The van der Waals surface area contributed by atoms with Crippen LogP contribution in [0.2, 0.25) is 0 Å². The number of piperidine rings is 1. The van der Waals surface area contributed by atoms with Crippen molar-refractivity contribution in [2.24, 2.45) is 0 Å². The molecule has 2 heterocycles. The highest BCUT2D eigenvalue weighted by Gasteiger charge is 2.23. The van der Waals surface area contributed by atoms with Gasteiger partial charge in [0, 0.05) is 45.4 Å². The molecule has 18 heavy (non-hydrogen) atoms. The van der Waals surface area contributed by atoms with E-state index in [1.54, 1.807) is 19.4 Å². The minimum atomic E-state index is -0.367. The van der Waals surface area contributed by atoms with Crippen molar-refractivity contribution in [3.05, 3.63) is 16.9 Å². The average molecular weight is 315 g/mol. The molecule has 0 saturated carbocycles. The summed E-state index contributed by atoms with van der Waals surface area (Å²) in [6.45, 7) is 1.59. The quantitative estimate of drug-likeness (QED) is 0.897. The van der Waals surface area contributed by atoms with E-state index in [2.05, 4.69) is 36.1 Å². The normalized spacial score (nSPS) is 16.4. The van der Waals surface area contributed by atoms with Crippen molar-refractivity contribution in [3.63, 3.8) is 0 Å². The first-order valence-electron chi connectivity index (χ1n) is 5.80. The lowest BCUT2D eigenvalue weighted by atomic mass is 10.1. The van der Waals surface area contributed by atoms with Crippen LogP contribution in [0.15, 0.2) is 16.9 Å². The fourth-order valence-electron chi connectivity index (χ4n) is 1.85. The van der Waals surface area contributed by atoms with E-state index in [-0.39, 0.29) is 12.2 Å². The van der Waals surface area contributed by atoms with E-state index in [0.29, 0.717) is 0 Å². The van der Waals surface area contributed by atoms with E-state index in [4.69, 9.17) is 4.74 Å². The molecule has 1 aromatic rings. The fourth-order valence-corrected chi connectivity index (χ4v) is 2.06. The number of ether oxygens (including phenoxy) is 1. The summed E-state index contributed by atoms with van der Waals surface area (Å²) in [5, 5.41) is 2.46. The van der Waals surface area contributed by atoms with Gasteiger partial charge >= 0.3 is 6.09 Å². The van der Waals surface area contributed by atoms with Crippen molar-refractivity contribution < 1.29 is 9.53 Å². The Bertz CT molecular complexity index is 404. The Labute approximate surface area is 114 Å². The Morgan fingerprint density at radius 2 is 2.06 bits per heavy atom. The van der Waals surface area contributed by atoms with Crippen LogP contribution < -0.4 is 10.2 Å². The molecule has 0 unspecified atom stereocenters. The smallest absolute Gasteiger partial charge is 0.407 e. The first kappa shape index (κ1) is 13.1. The number of aromatic nitrogens is 2. The monoisotopic (exact) mass is 314 g/mol. The summed E-state index contributed by atoms with van der Waals surface area (Å²) in [5.41, 5.74) is 0. The zero-order chi connectivity index (χ0) is 13.0. The van der Waals surface area contributed by atoms with E-state index in [1.165, 1.54) is 0 Å². The van der Waals surface area contributed by atoms with Crippen molar-refractivity contribution >= 4 is 28.0 Å². The van der Waals surface area contributed by atoms with Gasteiger partial charge in [0.15, 0.2) is 0 Å². The predicted octanol–water partition coefficient (Wildman–Crippen LogP) is 1.56. The summed E-state index contributed by atoms with van der Waals surface area (Å²) in [4.78, 5) is 21.7. The van der Waals surface area contributed by atoms with Gasteiger partial charge in [0.1, 0.15) is 6.10 Å². The maximum absolute atomic E-state index is 11.1. The van der Waals surface area contributed by atoms with Crippen LogP contribution >= 0.6 is 15.9 Å². The van der Waals surface area contributed by atoms with Gasteiger partial charge in [-0.05, 0) is 15.9 Å². The number of carbonyl (C=O) groups excluding carboxylic acids is 1. The second-order valence-electron chi connectivity index (χ2n) is 4.04. The maximum atomic E-state index is 11.1. The second-order valence-corrected chi connectivity index (χ2v) is 4.96. The van der Waals surface area contributed by atoms with Crippen molar-refractivity contribution in [2.75, 3.05) is 25.0 Å². The van der Waals surface area contributed by atoms with Crippen molar-refractivity contribution in [2.45, 2.75) is 18.9 Å². The Morgan fingerprint density at radius 3 is 2.61 bits per heavy atom. The van der Waals surface area contributed by atoms with Gasteiger partial charge in [-0.3, -0.25) is 0 Å². The zero-order valence-electron chi connectivity index (χ0n) is 10.1. The number of rotatable bonds is 2. The molecule has 1 fully saturated rings. The highest BCUT2D eigenvalue weighted by molar-refractivity contribution is 9.10. The fraction of sp³-hybridized carbons (Fsp3) is 0.545. The number of hydrogen-bond donors (Lipinski definition) is 1. The first-order valence-corrected chi connectivity index (χ1v) is 6.59. The Hall–Kier alpha value is -1.37. The number of nitrogens with zero attached hydrogens (tertiary/aromatic N) is 3. The van der Waals surface area contributed by atoms with Crippen LogP contribution in [-0.4, -0.2) is 42.3 Å². The van der Waals surface area contributed by atoms with Crippen LogP contribution in [0.5, 0.6) is 0 Å². The molecule has 1 aliphatic heterocycles. The summed E-state index contributed by atoms with van der Waals surface area (Å²) in [6, 6.07) is 0. The molecule has 0 aliphatic carbocycles. The molecule has 0 aromatic carbocycles. The molecule has 1 saturated heterocycles. The molecule has 0 spiro atoms. The van der Waals surface area contributed by atoms with Crippen LogP contribution in [0.3, 0.4) is 0 Å². The number of nitrogens with one attached hydrogen (secondary N) is 1. The van der Waals surface area contributed by atoms with Gasteiger partial charge in [0.05, 0.1) is 4.47 Å². The maximum Gasteiger partial charge on any atom is 0.407 e. The lowest BCUT2D eigenvalue weighted by molar-refractivity contribution is 0.0847. The lowest BCUT2D eigenvalue weighted by Gasteiger charge is -2.31. The topological polar surface area (TPSA) is 67.3 Å². The molecule has 0 bridgehead atoms. The highest BCUT2D eigenvalue weighted by Crippen LogP contribution is 2.18. The number of hydrogen-bond acceptors (Lipinski definition) is 5. The summed E-state index contributed by atoms with van der Waals surface area (Å²) in [6.07, 6.45) is 4.68. The molecule has 1 aliphatic rings. The van der Waals surface area contributed by atoms with Gasteiger partial charge < -0.3 is 15.0 Å². The van der Waals surface area contributed by atoms with Gasteiger partial charge in [0.2, 0.25) is 5.95 Å². The summed E-state index contributed by atoms with van der Waals surface area (Å²) >= 11 is 3.31. The molecule has 2 rings (SSSR count). The Balaban J connectivity index is 1.86. The van der Waals surface area contributed by atoms with E-state index in [0.717, 1.165) is 36.4 Å². The van der Waals surface area contributed by atoms with Crippen LogP contribution in [0.4, 0.5) is 10.7 Å². The predicted molar refractivity (Wildman–Crippen MR) is 70.5 cm³/mol. The van der Waals surface area contributed by atoms with E-state index in [9.17, 15) is 4.79 Å². The van der Waals surface area contributed by atoms with E-state index in [1.807, 2.05) is 0 Å². The third-order valence-corrected chi connectivity index (χ3v) is 3.22. The van der Waals surface area contributed by atoms with E-state index < -0.39 is 0 Å². The number of alkyl carbamates (subject to hydrolysis) is 1. The number of amides is 1. The average Bonchev–Trinajstić information content (AvgIpc) is 2.40. The molecule has 1 N–H and O–H groups in total. The van der Waals surface area contributed by atoms with Gasteiger partial charge in [-0.25, -0.2) is 14.8 Å². The highest BCUT2D eigenvalue weighted by atomic mass is 79.9. The molecular weight excluding hydrogens is 300 g/mol. The molecule has 0 atom stereocenters. The second kappa shape index (κ2) is 5.99. The van der Waals surface area contributed by atoms with Crippen molar-refractivity contribution in [1.29, 1.82) is 0 Å². The zero-order valence-corrected chi connectivity index (χ0v) is 11.7. The minimum Gasteiger partial charge on any atom is -0.446 e. The SMILES string of the molecule is CNC(=O)OC1CCN(c2ncc(Br)cn2)CC1. The van der Waals surface area contributed by atoms with Crippen molar-refractivity contribution in [1.82, 2.24) is 15.3 Å². The summed E-state index contributed by atoms with van der Waals surface area (Å²) in [5.74, 6) is 0.719. The standard InChI is InChI=1S/C11H15BrN4O2/c1-13-11(17)18-9-2-4-16(5-3-9)10-14-6-8(12)7-15-10/h6-7,9H,2-5H2,1H3,(H,13,17). The van der Waals surface area contributed by atoms with E-state index >= 15 is 0 Å². The van der Waals surface area contributed by atoms with Crippen LogP contribution in [-0.2, 0) is 4.74 Å². The molecule has 7 heteroatoms. The molecule has 1 aromatic heterocycles. The Morgan fingerprint density at radius 1 is 1.44 bits per heavy atom. The first-order chi connectivity index (χ1) is 8.69. The van der Waals surface area contributed by atoms with Crippen LogP contribution in [0.1, 0.15) is 12.8 Å². The van der Waals surface area contributed by atoms with Gasteiger partial charge in [-0.15, -0.1) is 0 Å². The summed E-state index contributed by atoms with van der Waals surface area (Å²) in [7, 11) is 1.56. The summed E-state index contributed by atoms with van der Waals surface area (Å²) < 4.78 is 6.08. The molecular formula is C11H15BrN4O2. The van der Waals surface area contributed by atoms with Gasteiger partial charge in [0.25, 0.3) is 0 Å². The van der Waals surface area contributed by atoms with Crippen LogP contribution in [0.25, 0.3) is 0 Å². The largest absolute Gasteiger partial charge is 0.446 e. The number of halogens is 1. The third-order valence-electron chi connectivity index (χ3n) is 2.81. The Kier molecular flexibility index (Phi) is 4.35. The molecule has 0 radical (unpaired) electrons. The number of carbonyl (C=O) groups is 1. The minimum absolute atomic E-state index is 0.0170. The van der Waals surface area contributed by atoms with Gasteiger partial charge in [-0.2, -0.15) is 0 Å². The van der Waals surface area contributed by atoms with Crippen molar-refractivity contribution in [3.8, 4) is 0 Å². The molecule has 98 valence electrons. The van der Waals surface area contributed by atoms with Gasteiger partial charge in [-0.1, -0.05) is 0 Å². The van der Waals surface area contributed by atoms with Crippen LogP contribution in [0, 0.1) is 0 Å². The molecule has 6 nitrogen and oxygen atoms in total. The lowest BCUT2D eigenvalue weighted by Crippen LogP contribution is -2.39. The third kappa shape index (κ3) is 3.32. The number of anilines is 1. The molecule has 1 amide bonds.